The number of rotatable bonds is 3. The van der Waals surface area contributed by atoms with E-state index in [0.717, 1.165) is 5.56 Å². The van der Waals surface area contributed by atoms with Gasteiger partial charge in [0, 0.05) is 24.3 Å². The van der Waals surface area contributed by atoms with Crippen LogP contribution in [0.4, 0.5) is 14.9 Å². The number of nitrogens with one attached hydrogen (secondary N) is 1. The summed E-state index contributed by atoms with van der Waals surface area (Å²) in [6.07, 6.45) is 0. The number of carbonyl (C=O) groups excluding carboxylic acids is 1. The quantitative estimate of drug-likeness (QED) is 0.906. The second kappa shape index (κ2) is 6.39. The van der Waals surface area contributed by atoms with Gasteiger partial charge in [0.1, 0.15) is 5.82 Å². The second-order valence-corrected chi connectivity index (χ2v) is 4.86. The fraction of sp³-hybridized carbons (Fsp3) is 0.133. The number of urea groups is 1. The smallest absolute Gasteiger partial charge is 0.321 e. The minimum absolute atomic E-state index is 0.267. The largest absolute Gasteiger partial charge is 0.323 e. The van der Waals surface area contributed by atoms with Gasteiger partial charge in [0.05, 0.1) is 0 Å². The number of halogens is 2. The summed E-state index contributed by atoms with van der Waals surface area (Å²) in [6.45, 7) is 0.331. The average Bonchev–Trinajstić information content (AvgIpc) is 2.41. The maximum atomic E-state index is 13.1. The standard InChI is InChI=1S/C15H14ClFN2O/c1-19(10-11-3-2-4-13(17)9-11)15(20)18-14-7-5-12(16)6-8-14/h2-9H,10H2,1H3,(H,18,20). The zero-order valence-electron chi connectivity index (χ0n) is 10.9. The fourth-order valence-corrected chi connectivity index (χ4v) is 1.86. The van der Waals surface area contributed by atoms with Crippen molar-refractivity contribution in [1.29, 1.82) is 0 Å². The van der Waals surface area contributed by atoms with Gasteiger partial charge in [-0.3, -0.25) is 0 Å². The van der Waals surface area contributed by atoms with Gasteiger partial charge in [-0.15, -0.1) is 0 Å². The first-order chi connectivity index (χ1) is 9.54. The summed E-state index contributed by atoms with van der Waals surface area (Å²) in [5, 5.41) is 3.35. The summed E-state index contributed by atoms with van der Waals surface area (Å²) >= 11 is 5.77. The van der Waals surface area contributed by atoms with Gasteiger partial charge in [-0.25, -0.2) is 9.18 Å². The summed E-state index contributed by atoms with van der Waals surface area (Å²) in [5.41, 5.74) is 1.39. The second-order valence-electron chi connectivity index (χ2n) is 4.42. The Balaban J connectivity index is 1.96. The summed E-state index contributed by atoms with van der Waals surface area (Å²) < 4.78 is 13.1. The van der Waals surface area contributed by atoms with E-state index in [1.165, 1.54) is 17.0 Å². The first-order valence-corrected chi connectivity index (χ1v) is 6.44. The van der Waals surface area contributed by atoms with Crippen LogP contribution >= 0.6 is 11.6 Å². The van der Waals surface area contributed by atoms with Gasteiger partial charge in [0.15, 0.2) is 0 Å². The first kappa shape index (κ1) is 14.3. The Hall–Kier alpha value is -2.07. The lowest BCUT2D eigenvalue weighted by molar-refractivity contribution is 0.220. The van der Waals surface area contributed by atoms with Crippen molar-refractivity contribution in [2.75, 3.05) is 12.4 Å². The summed E-state index contributed by atoms with van der Waals surface area (Å²) in [5.74, 6) is -0.311. The van der Waals surface area contributed by atoms with Crippen LogP contribution in [-0.2, 0) is 6.54 Å². The molecule has 0 saturated heterocycles. The van der Waals surface area contributed by atoms with E-state index in [4.69, 9.17) is 11.6 Å². The third-order valence-electron chi connectivity index (χ3n) is 2.75. The van der Waals surface area contributed by atoms with E-state index in [0.29, 0.717) is 17.3 Å². The molecule has 2 amide bonds. The molecule has 0 fully saturated rings. The molecule has 3 nitrogen and oxygen atoms in total. The number of anilines is 1. The highest BCUT2D eigenvalue weighted by Gasteiger charge is 2.09. The Morgan fingerprint density at radius 3 is 2.60 bits per heavy atom. The number of hydrogen-bond donors (Lipinski definition) is 1. The first-order valence-electron chi connectivity index (χ1n) is 6.07. The zero-order chi connectivity index (χ0) is 14.5. The van der Waals surface area contributed by atoms with E-state index < -0.39 is 0 Å². The molecule has 0 bridgehead atoms. The minimum atomic E-state index is -0.311. The van der Waals surface area contributed by atoms with Crippen LogP contribution in [0.2, 0.25) is 5.02 Å². The Labute approximate surface area is 122 Å². The van der Waals surface area contributed by atoms with Crippen LogP contribution in [-0.4, -0.2) is 18.0 Å². The maximum absolute atomic E-state index is 13.1. The normalized spacial score (nSPS) is 10.2. The van der Waals surface area contributed by atoms with Crippen molar-refractivity contribution in [3.63, 3.8) is 0 Å². The molecule has 2 aromatic rings. The summed E-state index contributed by atoms with van der Waals surface area (Å²) in [6, 6.07) is 12.7. The van der Waals surface area contributed by atoms with Crippen LogP contribution < -0.4 is 5.32 Å². The van der Waals surface area contributed by atoms with Crippen molar-refractivity contribution >= 4 is 23.3 Å². The lowest BCUT2D eigenvalue weighted by Crippen LogP contribution is -2.30. The predicted octanol–water partition coefficient (Wildman–Crippen LogP) is 4.14. The Bertz CT molecular complexity index is 601. The van der Waals surface area contributed by atoms with E-state index in [1.54, 1.807) is 43.4 Å². The Morgan fingerprint density at radius 1 is 1.25 bits per heavy atom. The molecule has 0 unspecified atom stereocenters. The van der Waals surface area contributed by atoms with Gasteiger partial charge >= 0.3 is 6.03 Å². The average molecular weight is 293 g/mol. The van der Waals surface area contributed by atoms with Gasteiger partial charge in [0.25, 0.3) is 0 Å². The molecular weight excluding hydrogens is 279 g/mol. The van der Waals surface area contributed by atoms with Gasteiger partial charge < -0.3 is 10.2 Å². The van der Waals surface area contributed by atoms with Crippen molar-refractivity contribution in [3.05, 3.63) is 64.9 Å². The van der Waals surface area contributed by atoms with Crippen LogP contribution in [0.15, 0.2) is 48.5 Å². The SMILES string of the molecule is CN(Cc1cccc(F)c1)C(=O)Nc1ccc(Cl)cc1. The van der Waals surface area contributed by atoms with E-state index in [2.05, 4.69) is 5.32 Å². The van der Waals surface area contributed by atoms with Crippen LogP contribution in [0.5, 0.6) is 0 Å². The number of amides is 2. The molecule has 0 saturated carbocycles. The molecule has 1 N–H and O–H groups in total. The van der Waals surface area contributed by atoms with Crippen LogP contribution in [0.25, 0.3) is 0 Å². The molecule has 2 rings (SSSR count). The zero-order valence-corrected chi connectivity index (χ0v) is 11.7. The molecule has 0 aliphatic heterocycles. The van der Waals surface area contributed by atoms with Crippen molar-refractivity contribution < 1.29 is 9.18 Å². The third kappa shape index (κ3) is 3.96. The van der Waals surface area contributed by atoms with Gasteiger partial charge in [-0.1, -0.05) is 23.7 Å². The molecular formula is C15H14ClFN2O. The summed E-state index contributed by atoms with van der Waals surface area (Å²) in [7, 11) is 1.65. The highest BCUT2D eigenvalue weighted by molar-refractivity contribution is 6.30. The van der Waals surface area contributed by atoms with Crippen molar-refractivity contribution in [1.82, 2.24) is 4.90 Å². The number of nitrogens with zero attached hydrogens (tertiary/aromatic N) is 1. The third-order valence-corrected chi connectivity index (χ3v) is 3.00. The highest BCUT2D eigenvalue weighted by Crippen LogP contribution is 2.14. The number of carbonyl (C=O) groups is 1. The van der Waals surface area contributed by atoms with Crippen molar-refractivity contribution in [2.45, 2.75) is 6.54 Å². The van der Waals surface area contributed by atoms with E-state index in [1.807, 2.05) is 0 Å². The molecule has 0 aliphatic rings. The molecule has 0 heterocycles. The monoisotopic (exact) mass is 292 g/mol. The maximum Gasteiger partial charge on any atom is 0.321 e. The lowest BCUT2D eigenvalue weighted by atomic mass is 10.2. The Morgan fingerprint density at radius 2 is 1.95 bits per heavy atom. The molecule has 5 heteroatoms. The molecule has 0 spiro atoms. The molecule has 2 aromatic carbocycles. The number of hydrogen-bond acceptors (Lipinski definition) is 1. The number of benzene rings is 2. The molecule has 0 aliphatic carbocycles. The van der Waals surface area contributed by atoms with Gasteiger partial charge in [0.2, 0.25) is 0 Å². The van der Waals surface area contributed by atoms with Gasteiger partial charge in [-0.2, -0.15) is 0 Å². The molecule has 20 heavy (non-hydrogen) atoms. The molecule has 104 valence electrons. The van der Waals surface area contributed by atoms with Crippen LogP contribution in [0.1, 0.15) is 5.56 Å². The molecule has 0 atom stereocenters. The topological polar surface area (TPSA) is 32.3 Å². The predicted molar refractivity (Wildman–Crippen MR) is 78.3 cm³/mol. The fourth-order valence-electron chi connectivity index (χ4n) is 1.73. The van der Waals surface area contributed by atoms with E-state index >= 15 is 0 Å². The van der Waals surface area contributed by atoms with E-state index in [9.17, 15) is 9.18 Å². The van der Waals surface area contributed by atoms with Crippen molar-refractivity contribution in [3.8, 4) is 0 Å². The van der Waals surface area contributed by atoms with Gasteiger partial charge in [-0.05, 0) is 42.0 Å². The van der Waals surface area contributed by atoms with Crippen molar-refractivity contribution in [2.24, 2.45) is 0 Å². The minimum Gasteiger partial charge on any atom is -0.323 e. The van der Waals surface area contributed by atoms with Crippen LogP contribution in [0, 0.1) is 5.82 Å². The Kier molecular flexibility index (Phi) is 4.58. The van der Waals surface area contributed by atoms with Crippen LogP contribution in [0.3, 0.4) is 0 Å². The van der Waals surface area contributed by atoms with E-state index in [-0.39, 0.29) is 11.8 Å². The molecule has 0 radical (unpaired) electrons. The lowest BCUT2D eigenvalue weighted by Gasteiger charge is -2.18. The summed E-state index contributed by atoms with van der Waals surface area (Å²) in [4.78, 5) is 13.5. The highest BCUT2D eigenvalue weighted by atomic mass is 35.5. The molecule has 0 aromatic heterocycles.